The first-order valence-corrected chi connectivity index (χ1v) is 9.09. The van der Waals surface area contributed by atoms with Crippen LogP contribution in [0, 0.1) is 0 Å². The summed E-state index contributed by atoms with van der Waals surface area (Å²) in [6.07, 6.45) is 2.99. The molecule has 2 aromatic heterocycles. The number of hydrogen-bond donors (Lipinski definition) is 1. The zero-order chi connectivity index (χ0) is 19.5. The third-order valence-corrected chi connectivity index (χ3v) is 4.72. The Morgan fingerprint density at radius 1 is 1.29 bits per heavy atom. The molecular weight excluding hydrogens is 360 g/mol. The number of benzene rings is 1. The molecule has 1 N–H and O–H groups in total. The van der Waals surface area contributed by atoms with E-state index < -0.39 is 0 Å². The molecule has 8 heteroatoms. The summed E-state index contributed by atoms with van der Waals surface area (Å²) in [5.41, 5.74) is 0.764. The van der Waals surface area contributed by atoms with E-state index in [1.807, 2.05) is 18.2 Å². The van der Waals surface area contributed by atoms with Crippen LogP contribution in [0.1, 0.15) is 23.2 Å². The molecule has 144 valence electrons. The summed E-state index contributed by atoms with van der Waals surface area (Å²) in [5, 5.41) is 0.732. The molecule has 1 saturated heterocycles. The Bertz CT molecular complexity index is 1070. The minimum Gasteiger partial charge on any atom is -0.472 e. The summed E-state index contributed by atoms with van der Waals surface area (Å²) >= 11 is 0. The van der Waals surface area contributed by atoms with Crippen molar-refractivity contribution in [1.29, 1.82) is 0 Å². The van der Waals surface area contributed by atoms with Gasteiger partial charge in [-0.2, -0.15) is 4.98 Å². The molecule has 1 aromatic carbocycles. The summed E-state index contributed by atoms with van der Waals surface area (Å²) in [7, 11) is 1.49. The number of methoxy groups -OCH3 is 1. The number of para-hydroxylation sites is 1. The average molecular weight is 380 g/mol. The predicted octanol–water partition coefficient (Wildman–Crippen LogP) is 2.01. The Labute approximate surface area is 161 Å². The quantitative estimate of drug-likeness (QED) is 0.744. The largest absolute Gasteiger partial charge is 0.472 e. The number of ether oxygens (including phenoxy) is 2. The maximum absolute atomic E-state index is 13.1. The molecule has 0 radical (unpaired) electrons. The van der Waals surface area contributed by atoms with Crippen LogP contribution in [0.15, 0.2) is 47.4 Å². The topological polar surface area (TPSA) is 97.4 Å². The van der Waals surface area contributed by atoms with Gasteiger partial charge >= 0.3 is 6.01 Å². The van der Waals surface area contributed by atoms with Crippen molar-refractivity contribution < 1.29 is 14.3 Å². The number of carbonyl (C=O) groups is 1. The van der Waals surface area contributed by atoms with Crippen LogP contribution in [-0.2, 0) is 0 Å². The van der Waals surface area contributed by atoms with Crippen molar-refractivity contribution in [3.63, 3.8) is 0 Å². The second kappa shape index (κ2) is 7.67. The van der Waals surface area contributed by atoms with Crippen LogP contribution in [0.2, 0.25) is 0 Å². The Morgan fingerprint density at radius 3 is 3.00 bits per heavy atom. The molecule has 8 nitrogen and oxygen atoms in total. The number of nitrogens with one attached hydrogen (secondary N) is 1. The van der Waals surface area contributed by atoms with E-state index in [1.54, 1.807) is 23.2 Å². The minimum absolute atomic E-state index is 0.170. The molecule has 0 spiro atoms. The Morgan fingerprint density at radius 2 is 2.14 bits per heavy atom. The summed E-state index contributed by atoms with van der Waals surface area (Å²) in [5.74, 6) is 0.239. The van der Waals surface area contributed by atoms with E-state index in [4.69, 9.17) is 9.47 Å². The molecule has 1 aliphatic rings. The zero-order valence-corrected chi connectivity index (χ0v) is 15.4. The molecule has 3 aromatic rings. The van der Waals surface area contributed by atoms with Crippen LogP contribution < -0.4 is 15.0 Å². The molecule has 0 bridgehead atoms. The van der Waals surface area contributed by atoms with Crippen molar-refractivity contribution in [3.05, 3.63) is 58.5 Å². The van der Waals surface area contributed by atoms with E-state index in [2.05, 4.69) is 15.0 Å². The minimum atomic E-state index is -0.292. The highest BCUT2D eigenvalue weighted by molar-refractivity contribution is 6.05. The van der Waals surface area contributed by atoms with Crippen molar-refractivity contribution in [2.75, 3.05) is 20.2 Å². The highest BCUT2D eigenvalue weighted by atomic mass is 16.5. The van der Waals surface area contributed by atoms with Gasteiger partial charge in [-0.15, -0.1) is 0 Å². The van der Waals surface area contributed by atoms with Crippen LogP contribution in [0.25, 0.3) is 10.9 Å². The number of H-pyrrole nitrogens is 1. The average Bonchev–Trinajstić information content (AvgIpc) is 2.73. The number of piperidine rings is 1. The van der Waals surface area contributed by atoms with Gasteiger partial charge in [-0.05, 0) is 18.9 Å². The molecule has 1 fully saturated rings. The first-order chi connectivity index (χ1) is 13.6. The summed E-state index contributed by atoms with van der Waals surface area (Å²) in [6, 6.07) is 10.6. The van der Waals surface area contributed by atoms with Gasteiger partial charge in [-0.1, -0.05) is 18.2 Å². The van der Waals surface area contributed by atoms with Crippen molar-refractivity contribution >= 4 is 16.8 Å². The number of aromatic amines is 1. The molecule has 1 amide bonds. The molecular formula is C20H20N4O4. The fraction of sp³-hybridized carbons (Fsp3) is 0.300. The Hall–Kier alpha value is -3.42. The highest BCUT2D eigenvalue weighted by Gasteiger charge is 2.27. The maximum atomic E-state index is 13.1. The van der Waals surface area contributed by atoms with Crippen LogP contribution in [-0.4, -0.2) is 52.1 Å². The fourth-order valence-electron chi connectivity index (χ4n) is 3.43. The molecule has 4 rings (SSSR count). The van der Waals surface area contributed by atoms with E-state index in [-0.39, 0.29) is 23.6 Å². The number of hydrogen-bond acceptors (Lipinski definition) is 6. The monoisotopic (exact) mass is 380 g/mol. The Balaban J connectivity index is 1.55. The summed E-state index contributed by atoms with van der Waals surface area (Å²) in [4.78, 5) is 37.7. The van der Waals surface area contributed by atoms with Crippen molar-refractivity contribution in [1.82, 2.24) is 19.9 Å². The number of fused-ring (bicyclic) bond motifs is 1. The molecule has 1 unspecified atom stereocenters. The maximum Gasteiger partial charge on any atom is 0.319 e. The second-order valence-corrected chi connectivity index (χ2v) is 6.61. The van der Waals surface area contributed by atoms with Crippen LogP contribution >= 0.6 is 0 Å². The first kappa shape index (κ1) is 18.0. The highest BCUT2D eigenvalue weighted by Crippen LogP contribution is 2.22. The molecule has 1 aliphatic heterocycles. The number of likely N-dealkylation sites (tertiary alicyclic amines) is 1. The lowest BCUT2D eigenvalue weighted by Crippen LogP contribution is -2.44. The molecule has 1 atom stereocenters. The molecule has 0 saturated carbocycles. The second-order valence-electron chi connectivity index (χ2n) is 6.61. The molecule has 0 aliphatic carbocycles. The van der Waals surface area contributed by atoms with Gasteiger partial charge in [-0.25, -0.2) is 4.98 Å². The predicted molar refractivity (Wildman–Crippen MR) is 103 cm³/mol. The zero-order valence-electron chi connectivity index (χ0n) is 15.4. The number of carbonyl (C=O) groups excluding carboxylic acids is 1. The van der Waals surface area contributed by atoms with Gasteiger partial charge < -0.3 is 19.4 Å². The van der Waals surface area contributed by atoms with E-state index in [1.165, 1.54) is 13.2 Å². The third kappa shape index (κ3) is 3.66. The van der Waals surface area contributed by atoms with Gasteiger partial charge in [0, 0.05) is 35.8 Å². The lowest BCUT2D eigenvalue weighted by molar-refractivity contribution is 0.0527. The summed E-state index contributed by atoms with van der Waals surface area (Å²) < 4.78 is 10.9. The molecule has 28 heavy (non-hydrogen) atoms. The SMILES string of the molecule is COc1nccc(OC2CCCN(C(=O)c3cc(=O)[nH]c4ccccc34)C2)n1. The van der Waals surface area contributed by atoms with Gasteiger partial charge in [0.15, 0.2) is 0 Å². The van der Waals surface area contributed by atoms with Crippen molar-refractivity contribution in [3.8, 4) is 11.9 Å². The normalized spacial score (nSPS) is 16.8. The van der Waals surface area contributed by atoms with E-state index >= 15 is 0 Å². The van der Waals surface area contributed by atoms with Gasteiger partial charge in [0.05, 0.1) is 19.2 Å². The van der Waals surface area contributed by atoms with Crippen LogP contribution in [0.4, 0.5) is 0 Å². The van der Waals surface area contributed by atoms with E-state index in [0.717, 1.165) is 18.2 Å². The van der Waals surface area contributed by atoms with Crippen LogP contribution in [0.5, 0.6) is 11.9 Å². The number of rotatable bonds is 4. The third-order valence-electron chi connectivity index (χ3n) is 4.72. The smallest absolute Gasteiger partial charge is 0.319 e. The van der Waals surface area contributed by atoms with Gasteiger partial charge in [-0.3, -0.25) is 9.59 Å². The first-order valence-electron chi connectivity index (χ1n) is 9.09. The fourth-order valence-corrected chi connectivity index (χ4v) is 3.43. The number of nitrogens with zero attached hydrogens (tertiary/aromatic N) is 3. The molecule has 3 heterocycles. The van der Waals surface area contributed by atoms with E-state index in [0.29, 0.717) is 30.0 Å². The van der Waals surface area contributed by atoms with E-state index in [9.17, 15) is 9.59 Å². The summed E-state index contributed by atoms with van der Waals surface area (Å²) in [6.45, 7) is 1.04. The van der Waals surface area contributed by atoms with Crippen molar-refractivity contribution in [2.24, 2.45) is 0 Å². The number of amides is 1. The standard InChI is InChI=1S/C20H20N4O4/c1-27-20-21-9-8-18(23-20)28-13-5-4-10-24(12-13)19(26)15-11-17(25)22-16-7-3-2-6-14(15)16/h2-3,6-9,11,13H,4-5,10,12H2,1H3,(H,22,25). The van der Waals surface area contributed by atoms with Gasteiger partial charge in [0.25, 0.3) is 5.91 Å². The lowest BCUT2D eigenvalue weighted by atomic mass is 10.0. The van der Waals surface area contributed by atoms with Crippen LogP contribution in [0.3, 0.4) is 0 Å². The van der Waals surface area contributed by atoms with Crippen molar-refractivity contribution in [2.45, 2.75) is 18.9 Å². The number of pyridine rings is 1. The van der Waals surface area contributed by atoms with Gasteiger partial charge in [0.1, 0.15) is 6.10 Å². The lowest BCUT2D eigenvalue weighted by Gasteiger charge is -2.32. The Kier molecular flexibility index (Phi) is 4.92. The van der Waals surface area contributed by atoms with Gasteiger partial charge in [0.2, 0.25) is 11.4 Å². The number of aromatic nitrogens is 3.